The molecule has 6 heteroatoms. The number of aryl methyl sites for hydroxylation is 1. The molecule has 1 aliphatic heterocycles. The molecule has 1 aliphatic carbocycles. The molecule has 0 atom stereocenters. The van der Waals surface area contributed by atoms with E-state index < -0.39 is 10.0 Å². The minimum atomic E-state index is -3.30. The van der Waals surface area contributed by atoms with E-state index in [-0.39, 0.29) is 0 Å². The summed E-state index contributed by atoms with van der Waals surface area (Å²) in [6.45, 7) is 3.94. The van der Waals surface area contributed by atoms with Crippen molar-refractivity contribution in [3.63, 3.8) is 0 Å². The Morgan fingerprint density at radius 3 is 2.65 bits per heavy atom. The lowest BCUT2D eigenvalue weighted by molar-refractivity contribution is 0.346. The Hall–Kier alpha value is -0.430. The van der Waals surface area contributed by atoms with Crippen LogP contribution in [0.3, 0.4) is 0 Å². The Labute approximate surface area is 125 Å². The molecule has 1 aromatic rings. The molecular weight excluding hydrogens is 292 g/mol. The predicted molar refractivity (Wildman–Crippen MR) is 81.5 cm³/mol. The fourth-order valence-corrected chi connectivity index (χ4v) is 5.94. The first-order valence-electron chi connectivity index (χ1n) is 7.39. The number of piperidine rings is 1. The van der Waals surface area contributed by atoms with Crippen LogP contribution in [0, 0.1) is 6.92 Å². The summed E-state index contributed by atoms with van der Waals surface area (Å²) in [6, 6.07) is 0.600. The molecule has 0 bridgehead atoms. The zero-order valence-electron chi connectivity index (χ0n) is 11.9. The molecule has 112 valence electrons. The summed E-state index contributed by atoms with van der Waals surface area (Å²) in [6.07, 6.45) is 5.55. The van der Waals surface area contributed by atoms with Gasteiger partial charge in [0.25, 0.3) is 0 Å². The van der Waals surface area contributed by atoms with Crippen LogP contribution >= 0.6 is 11.3 Å². The summed E-state index contributed by atoms with van der Waals surface area (Å²) in [5, 5.41) is 5.40. The van der Waals surface area contributed by atoms with Crippen molar-refractivity contribution < 1.29 is 8.42 Å². The Kier molecular flexibility index (Phi) is 4.17. The monoisotopic (exact) mass is 314 g/mol. The molecule has 4 nitrogen and oxygen atoms in total. The summed E-state index contributed by atoms with van der Waals surface area (Å²) in [5.41, 5.74) is 0.896. The molecule has 2 fully saturated rings. The number of nitrogens with one attached hydrogen (secondary N) is 1. The van der Waals surface area contributed by atoms with E-state index in [0.29, 0.717) is 30.6 Å². The topological polar surface area (TPSA) is 49.4 Å². The van der Waals surface area contributed by atoms with Gasteiger partial charge in [-0.05, 0) is 43.6 Å². The number of hydrogen-bond donors (Lipinski definition) is 1. The van der Waals surface area contributed by atoms with Gasteiger partial charge in [-0.25, -0.2) is 8.42 Å². The minimum absolute atomic E-state index is 0.567. The lowest BCUT2D eigenvalue weighted by atomic mass is 10.2. The normalized spacial score (nSPS) is 21.2. The van der Waals surface area contributed by atoms with Crippen LogP contribution < -0.4 is 5.32 Å². The van der Waals surface area contributed by atoms with Gasteiger partial charge in [0.2, 0.25) is 10.0 Å². The molecule has 0 aromatic carbocycles. The van der Waals surface area contributed by atoms with Gasteiger partial charge in [0.05, 0.1) is 0 Å². The van der Waals surface area contributed by atoms with Gasteiger partial charge >= 0.3 is 0 Å². The van der Waals surface area contributed by atoms with E-state index in [9.17, 15) is 8.42 Å². The van der Waals surface area contributed by atoms with E-state index in [1.807, 2.05) is 12.3 Å². The average Bonchev–Trinajstić information content (AvgIpc) is 3.20. The van der Waals surface area contributed by atoms with Crippen LogP contribution in [0.15, 0.2) is 10.3 Å². The molecule has 0 radical (unpaired) electrons. The Balaban J connectivity index is 1.84. The third kappa shape index (κ3) is 2.93. The van der Waals surface area contributed by atoms with Gasteiger partial charge in [0.15, 0.2) is 0 Å². The lowest BCUT2D eigenvalue weighted by Gasteiger charge is -2.26. The Bertz CT molecular complexity index is 570. The molecular formula is C14H22N2O2S2. The van der Waals surface area contributed by atoms with Gasteiger partial charge in [0, 0.05) is 30.6 Å². The van der Waals surface area contributed by atoms with Crippen LogP contribution in [-0.4, -0.2) is 31.9 Å². The van der Waals surface area contributed by atoms with Crippen LogP contribution in [0.4, 0.5) is 0 Å². The first-order valence-corrected chi connectivity index (χ1v) is 9.71. The lowest BCUT2D eigenvalue weighted by Crippen LogP contribution is -2.36. The molecule has 20 heavy (non-hydrogen) atoms. The molecule has 2 heterocycles. The van der Waals surface area contributed by atoms with E-state index in [2.05, 4.69) is 5.32 Å². The maximum Gasteiger partial charge on any atom is 0.244 e. The van der Waals surface area contributed by atoms with Gasteiger partial charge in [-0.2, -0.15) is 4.31 Å². The summed E-state index contributed by atoms with van der Waals surface area (Å²) < 4.78 is 27.4. The molecule has 3 rings (SSSR count). The van der Waals surface area contributed by atoms with E-state index in [0.717, 1.165) is 29.7 Å². The highest BCUT2D eigenvalue weighted by Crippen LogP contribution is 2.31. The summed E-state index contributed by atoms with van der Waals surface area (Å²) in [5.74, 6) is 0. The van der Waals surface area contributed by atoms with Gasteiger partial charge in [0.1, 0.15) is 4.90 Å². The SMILES string of the molecule is Cc1csc(CNC2CC2)c1S(=O)(=O)N1CCCCC1. The number of nitrogens with zero attached hydrogens (tertiary/aromatic N) is 1. The molecule has 0 spiro atoms. The maximum absolute atomic E-state index is 12.9. The van der Waals surface area contributed by atoms with Crippen molar-refractivity contribution in [2.24, 2.45) is 0 Å². The first kappa shape index (κ1) is 14.5. The van der Waals surface area contributed by atoms with Crippen molar-refractivity contribution in [3.8, 4) is 0 Å². The zero-order chi connectivity index (χ0) is 14.2. The van der Waals surface area contributed by atoms with Gasteiger partial charge in [-0.1, -0.05) is 6.42 Å². The second-order valence-electron chi connectivity index (χ2n) is 5.79. The molecule has 1 aromatic heterocycles. The zero-order valence-corrected chi connectivity index (χ0v) is 13.5. The minimum Gasteiger partial charge on any atom is -0.309 e. The second kappa shape index (κ2) is 5.75. The van der Waals surface area contributed by atoms with E-state index in [4.69, 9.17) is 0 Å². The first-order chi connectivity index (χ1) is 9.59. The van der Waals surface area contributed by atoms with Gasteiger partial charge in [-0.3, -0.25) is 0 Å². The molecule has 1 saturated carbocycles. The summed E-state index contributed by atoms with van der Waals surface area (Å²) in [7, 11) is -3.30. The average molecular weight is 314 g/mol. The molecule has 0 unspecified atom stereocenters. The fourth-order valence-electron chi connectivity index (χ4n) is 2.71. The maximum atomic E-state index is 12.9. The van der Waals surface area contributed by atoms with Crippen molar-refractivity contribution in [2.45, 2.75) is 56.5 Å². The van der Waals surface area contributed by atoms with Crippen molar-refractivity contribution in [1.29, 1.82) is 0 Å². The molecule has 1 saturated heterocycles. The van der Waals surface area contributed by atoms with E-state index in [1.54, 1.807) is 15.6 Å². The molecule has 2 aliphatic rings. The fraction of sp³-hybridized carbons (Fsp3) is 0.714. The largest absolute Gasteiger partial charge is 0.309 e. The van der Waals surface area contributed by atoms with E-state index in [1.165, 1.54) is 12.8 Å². The van der Waals surface area contributed by atoms with Crippen molar-refractivity contribution in [3.05, 3.63) is 15.8 Å². The van der Waals surface area contributed by atoms with Crippen molar-refractivity contribution in [1.82, 2.24) is 9.62 Å². The van der Waals surface area contributed by atoms with Gasteiger partial charge in [-0.15, -0.1) is 11.3 Å². The van der Waals surface area contributed by atoms with Crippen molar-refractivity contribution >= 4 is 21.4 Å². The van der Waals surface area contributed by atoms with Gasteiger partial charge < -0.3 is 5.32 Å². The third-order valence-electron chi connectivity index (χ3n) is 4.03. The summed E-state index contributed by atoms with van der Waals surface area (Å²) in [4.78, 5) is 1.54. The number of rotatable bonds is 5. The predicted octanol–water partition coefficient (Wildman–Crippen LogP) is 2.48. The Morgan fingerprint density at radius 2 is 2.00 bits per heavy atom. The highest BCUT2D eigenvalue weighted by molar-refractivity contribution is 7.89. The number of thiophene rings is 1. The van der Waals surface area contributed by atoms with Crippen LogP contribution in [-0.2, 0) is 16.6 Å². The van der Waals surface area contributed by atoms with Crippen LogP contribution in [0.1, 0.15) is 42.5 Å². The highest BCUT2D eigenvalue weighted by atomic mass is 32.2. The third-order valence-corrected chi connectivity index (χ3v) is 7.39. The Morgan fingerprint density at radius 1 is 1.30 bits per heavy atom. The molecule has 0 amide bonds. The summed E-state index contributed by atoms with van der Waals surface area (Å²) >= 11 is 1.57. The number of sulfonamides is 1. The highest BCUT2D eigenvalue weighted by Gasteiger charge is 2.31. The second-order valence-corrected chi connectivity index (χ2v) is 8.63. The van der Waals surface area contributed by atoms with Crippen LogP contribution in [0.5, 0.6) is 0 Å². The smallest absolute Gasteiger partial charge is 0.244 e. The standard InChI is InChI=1S/C14H22N2O2S2/c1-11-10-19-13(9-15-12-5-6-12)14(11)20(17,18)16-7-3-2-4-8-16/h10,12,15H,2-9H2,1H3. The van der Waals surface area contributed by atoms with Crippen LogP contribution in [0.25, 0.3) is 0 Å². The van der Waals surface area contributed by atoms with Crippen LogP contribution in [0.2, 0.25) is 0 Å². The molecule has 1 N–H and O–H groups in total. The van der Waals surface area contributed by atoms with E-state index >= 15 is 0 Å². The van der Waals surface area contributed by atoms with Crippen molar-refractivity contribution in [2.75, 3.05) is 13.1 Å². The number of hydrogen-bond acceptors (Lipinski definition) is 4. The quantitative estimate of drug-likeness (QED) is 0.908.